The Labute approximate surface area is 106 Å². The van der Waals surface area contributed by atoms with Gasteiger partial charge in [-0.25, -0.2) is 0 Å². The second-order valence-electron chi connectivity index (χ2n) is 4.40. The predicted octanol–water partition coefficient (Wildman–Crippen LogP) is 3.56. The first-order chi connectivity index (χ1) is 8.66. The van der Waals surface area contributed by atoms with E-state index in [2.05, 4.69) is 0 Å². The maximum absolute atomic E-state index is 11.2. The molecule has 0 radical (unpaired) electrons. The smallest absolute Gasteiger partial charge is 0.242 e. The second-order valence-corrected chi connectivity index (χ2v) is 4.40. The molecule has 18 heavy (non-hydrogen) atoms. The molecule has 0 N–H and O–H groups in total. The summed E-state index contributed by atoms with van der Waals surface area (Å²) in [5.41, 5.74) is 2.91. The second kappa shape index (κ2) is 5.45. The van der Waals surface area contributed by atoms with Crippen molar-refractivity contribution in [3.8, 4) is 0 Å². The molecule has 0 saturated heterocycles. The minimum absolute atomic E-state index is 0.213. The van der Waals surface area contributed by atoms with Crippen molar-refractivity contribution in [2.24, 2.45) is 0 Å². The Morgan fingerprint density at radius 1 is 1.06 bits per heavy atom. The highest BCUT2D eigenvalue weighted by molar-refractivity contribution is 5.25. The highest BCUT2D eigenvalue weighted by Crippen LogP contribution is 2.21. The molecule has 92 valence electrons. The van der Waals surface area contributed by atoms with E-state index in [1.807, 2.05) is 61.5 Å². The molecule has 0 fully saturated rings. The van der Waals surface area contributed by atoms with E-state index in [0.717, 1.165) is 16.7 Å². The number of hydrogen-bond donors (Lipinski definition) is 0. The van der Waals surface area contributed by atoms with Gasteiger partial charge < -0.3 is 0 Å². The maximum atomic E-state index is 11.2. The summed E-state index contributed by atoms with van der Waals surface area (Å²) >= 11 is 0. The quantitative estimate of drug-likeness (QED) is 0.606. The molecule has 0 amide bonds. The number of benzene rings is 2. The molecule has 1 atom stereocenters. The first-order valence-electron chi connectivity index (χ1n) is 5.91. The Balaban J connectivity index is 2.22. The Bertz CT molecular complexity index is 520. The van der Waals surface area contributed by atoms with Crippen LogP contribution >= 0.6 is 0 Å². The van der Waals surface area contributed by atoms with Gasteiger partial charge in [0.2, 0.25) is 6.04 Å². The minimum atomic E-state index is -0.672. The van der Waals surface area contributed by atoms with Gasteiger partial charge >= 0.3 is 0 Å². The Morgan fingerprint density at radius 2 is 1.67 bits per heavy atom. The summed E-state index contributed by atoms with van der Waals surface area (Å²) in [6, 6.07) is 16.4. The molecule has 2 rings (SSSR count). The van der Waals surface area contributed by atoms with Gasteiger partial charge in [0.25, 0.3) is 0 Å². The number of hydrogen-bond acceptors (Lipinski definition) is 2. The van der Waals surface area contributed by atoms with Gasteiger partial charge in [-0.15, -0.1) is 0 Å². The van der Waals surface area contributed by atoms with Crippen LogP contribution in [0.5, 0.6) is 0 Å². The fourth-order valence-electron chi connectivity index (χ4n) is 1.94. The first kappa shape index (κ1) is 12.3. The van der Waals surface area contributed by atoms with Crippen molar-refractivity contribution in [3.63, 3.8) is 0 Å². The van der Waals surface area contributed by atoms with Crippen molar-refractivity contribution in [3.05, 3.63) is 81.4 Å². The van der Waals surface area contributed by atoms with Crippen LogP contribution in [0.2, 0.25) is 0 Å². The third kappa shape index (κ3) is 2.94. The lowest BCUT2D eigenvalue weighted by molar-refractivity contribution is -0.528. The van der Waals surface area contributed by atoms with Gasteiger partial charge in [0, 0.05) is 16.9 Å². The van der Waals surface area contributed by atoms with Gasteiger partial charge in [-0.05, 0) is 12.5 Å². The lowest BCUT2D eigenvalue weighted by Crippen LogP contribution is -2.13. The van der Waals surface area contributed by atoms with Crippen LogP contribution in [0.25, 0.3) is 0 Å². The summed E-state index contributed by atoms with van der Waals surface area (Å²) in [5, 5.41) is 11.2. The molecule has 0 saturated carbocycles. The fourth-order valence-corrected chi connectivity index (χ4v) is 1.94. The van der Waals surface area contributed by atoms with E-state index in [4.69, 9.17) is 0 Å². The molecule has 0 aromatic heterocycles. The summed E-state index contributed by atoms with van der Waals surface area (Å²) in [7, 11) is 0. The molecular formula is C15H15NO2. The van der Waals surface area contributed by atoms with Crippen LogP contribution in [0.1, 0.15) is 22.7 Å². The van der Waals surface area contributed by atoms with Gasteiger partial charge in [0.1, 0.15) is 0 Å². The Kier molecular flexibility index (Phi) is 3.72. The molecule has 2 aromatic carbocycles. The molecule has 0 bridgehead atoms. The van der Waals surface area contributed by atoms with Gasteiger partial charge in [0.05, 0.1) is 0 Å². The van der Waals surface area contributed by atoms with Crippen LogP contribution in [0, 0.1) is 17.0 Å². The summed E-state index contributed by atoms with van der Waals surface area (Å²) in [6.07, 6.45) is 0.428. The van der Waals surface area contributed by atoms with Crippen molar-refractivity contribution in [2.45, 2.75) is 19.4 Å². The predicted molar refractivity (Wildman–Crippen MR) is 71.1 cm³/mol. The van der Waals surface area contributed by atoms with E-state index in [1.165, 1.54) is 0 Å². The summed E-state index contributed by atoms with van der Waals surface area (Å²) in [4.78, 5) is 11.0. The molecule has 0 aliphatic carbocycles. The van der Waals surface area contributed by atoms with Gasteiger partial charge in [-0.3, -0.25) is 10.1 Å². The topological polar surface area (TPSA) is 43.1 Å². The van der Waals surface area contributed by atoms with Crippen LogP contribution in [-0.4, -0.2) is 4.92 Å². The third-order valence-electron chi connectivity index (χ3n) is 2.99. The van der Waals surface area contributed by atoms with Crippen molar-refractivity contribution < 1.29 is 4.92 Å². The third-order valence-corrected chi connectivity index (χ3v) is 2.99. The largest absolute Gasteiger partial charge is 0.264 e. The summed E-state index contributed by atoms with van der Waals surface area (Å²) in [6.45, 7) is 2.01. The molecule has 0 aliphatic heterocycles. The van der Waals surface area contributed by atoms with Crippen molar-refractivity contribution >= 4 is 0 Å². The molecule has 0 heterocycles. The van der Waals surface area contributed by atoms with Crippen LogP contribution in [0.4, 0.5) is 0 Å². The SMILES string of the molecule is Cc1ccc(CC(c2ccccc2)[N+](=O)[O-])cc1. The van der Waals surface area contributed by atoms with Crippen LogP contribution in [0.3, 0.4) is 0 Å². The maximum Gasteiger partial charge on any atom is 0.242 e. The Hall–Kier alpha value is -2.16. The van der Waals surface area contributed by atoms with E-state index in [0.29, 0.717) is 6.42 Å². The zero-order chi connectivity index (χ0) is 13.0. The van der Waals surface area contributed by atoms with Gasteiger partial charge in [0.15, 0.2) is 0 Å². The van der Waals surface area contributed by atoms with Crippen molar-refractivity contribution in [1.82, 2.24) is 0 Å². The van der Waals surface area contributed by atoms with Crippen LogP contribution in [0.15, 0.2) is 54.6 Å². The number of nitro groups is 1. The average molecular weight is 241 g/mol. The molecule has 3 heteroatoms. The fraction of sp³-hybridized carbons (Fsp3) is 0.200. The molecule has 1 unspecified atom stereocenters. The van der Waals surface area contributed by atoms with Gasteiger partial charge in [-0.2, -0.15) is 0 Å². The molecular weight excluding hydrogens is 226 g/mol. The van der Waals surface area contributed by atoms with Crippen molar-refractivity contribution in [1.29, 1.82) is 0 Å². The first-order valence-corrected chi connectivity index (χ1v) is 5.91. The lowest BCUT2D eigenvalue weighted by Gasteiger charge is -2.10. The Morgan fingerprint density at radius 3 is 2.22 bits per heavy atom. The summed E-state index contributed by atoms with van der Waals surface area (Å²) < 4.78 is 0. The van der Waals surface area contributed by atoms with E-state index < -0.39 is 6.04 Å². The van der Waals surface area contributed by atoms with Crippen molar-refractivity contribution in [2.75, 3.05) is 0 Å². The number of rotatable bonds is 4. The lowest BCUT2D eigenvalue weighted by atomic mass is 9.99. The van der Waals surface area contributed by atoms with Crippen LogP contribution < -0.4 is 0 Å². The van der Waals surface area contributed by atoms with E-state index >= 15 is 0 Å². The molecule has 3 nitrogen and oxygen atoms in total. The highest BCUT2D eigenvalue weighted by atomic mass is 16.6. The number of nitrogens with zero attached hydrogens (tertiary/aromatic N) is 1. The average Bonchev–Trinajstić information content (AvgIpc) is 2.38. The van der Waals surface area contributed by atoms with Crippen LogP contribution in [-0.2, 0) is 6.42 Å². The zero-order valence-electron chi connectivity index (χ0n) is 10.2. The van der Waals surface area contributed by atoms with E-state index in [1.54, 1.807) is 0 Å². The standard InChI is InChI=1S/C15H15NO2/c1-12-7-9-13(10-8-12)11-15(16(17)18)14-5-3-2-4-6-14/h2-10,15H,11H2,1H3. The van der Waals surface area contributed by atoms with Gasteiger partial charge in [-0.1, -0.05) is 60.2 Å². The monoisotopic (exact) mass is 241 g/mol. The zero-order valence-corrected chi connectivity index (χ0v) is 10.2. The summed E-state index contributed by atoms with van der Waals surface area (Å²) in [5.74, 6) is 0. The highest BCUT2D eigenvalue weighted by Gasteiger charge is 2.22. The number of aryl methyl sites for hydroxylation is 1. The van der Waals surface area contributed by atoms with E-state index in [-0.39, 0.29) is 4.92 Å². The normalized spacial score (nSPS) is 12.1. The molecule has 2 aromatic rings. The minimum Gasteiger partial charge on any atom is -0.264 e. The molecule has 0 spiro atoms. The van der Waals surface area contributed by atoms with E-state index in [9.17, 15) is 10.1 Å². The molecule has 0 aliphatic rings.